The molecule has 0 aromatic carbocycles. The highest BCUT2D eigenvalue weighted by Crippen LogP contribution is 2.41. The first-order chi connectivity index (χ1) is 5.35. The first-order valence-corrected chi connectivity index (χ1v) is 4.83. The first kappa shape index (κ1) is 10.0. The van der Waals surface area contributed by atoms with Crippen LogP contribution in [0.3, 0.4) is 0 Å². The van der Waals surface area contributed by atoms with Gasteiger partial charge in [-0.15, -0.1) is 0 Å². The number of rotatable bonds is 0. The third-order valence-electron chi connectivity index (χ3n) is 3.25. The molecule has 1 aliphatic rings. The van der Waals surface area contributed by atoms with Crippen LogP contribution in [0.15, 0.2) is 0 Å². The van der Waals surface area contributed by atoms with Gasteiger partial charge in [0.2, 0.25) is 0 Å². The van der Waals surface area contributed by atoms with Crippen LogP contribution in [0.1, 0.15) is 46.5 Å². The van der Waals surface area contributed by atoms with Crippen LogP contribution in [0.25, 0.3) is 0 Å². The van der Waals surface area contributed by atoms with E-state index in [0.717, 1.165) is 25.7 Å². The molecule has 0 unspecified atom stereocenters. The summed E-state index contributed by atoms with van der Waals surface area (Å²) in [4.78, 5) is 0. The Labute approximate surface area is 75.2 Å². The Hall–Kier alpha value is -0.0800. The molecule has 0 aliphatic heterocycles. The van der Waals surface area contributed by atoms with Crippen LogP contribution in [0.5, 0.6) is 0 Å². The number of hydrogen-bond acceptors (Lipinski definition) is 2. The van der Waals surface area contributed by atoms with Gasteiger partial charge in [-0.1, -0.05) is 20.8 Å². The Balaban J connectivity index is 2.62. The fourth-order valence-corrected chi connectivity index (χ4v) is 1.87. The Kier molecular flexibility index (Phi) is 2.50. The van der Waals surface area contributed by atoms with Gasteiger partial charge in [0.15, 0.2) is 0 Å². The highest BCUT2D eigenvalue weighted by Gasteiger charge is 2.41. The van der Waals surface area contributed by atoms with Crippen LogP contribution >= 0.6 is 0 Å². The van der Waals surface area contributed by atoms with E-state index in [2.05, 4.69) is 20.8 Å². The van der Waals surface area contributed by atoms with Crippen molar-refractivity contribution < 1.29 is 5.11 Å². The summed E-state index contributed by atoms with van der Waals surface area (Å²) in [6.07, 6.45) is 3.65. The molecule has 0 radical (unpaired) electrons. The van der Waals surface area contributed by atoms with Crippen LogP contribution < -0.4 is 5.73 Å². The third kappa shape index (κ3) is 1.80. The molecule has 0 spiro atoms. The molecule has 0 saturated heterocycles. The lowest BCUT2D eigenvalue weighted by atomic mass is 9.67. The zero-order valence-electron chi connectivity index (χ0n) is 8.43. The molecule has 0 atom stereocenters. The Morgan fingerprint density at radius 1 is 1.25 bits per heavy atom. The predicted octanol–water partition coefficient (Wildman–Crippen LogP) is 1.66. The Morgan fingerprint density at radius 2 is 1.67 bits per heavy atom. The normalized spacial score (nSPS) is 38.2. The van der Waals surface area contributed by atoms with E-state index < -0.39 is 5.60 Å². The molecule has 1 aliphatic carbocycles. The zero-order chi connectivity index (χ0) is 9.41. The van der Waals surface area contributed by atoms with Crippen molar-refractivity contribution in [1.29, 1.82) is 0 Å². The van der Waals surface area contributed by atoms with Crippen molar-refractivity contribution in [2.45, 2.75) is 58.1 Å². The lowest BCUT2D eigenvalue weighted by Gasteiger charge is -2.44. The molecule has 1 saturated carbocycles. The Bertz CT molecular complexity index is 152. The Morgan fingerprint density at radius 3 is 2.00 bits per heavy atom. The number of aliphatic hydroxyl groups is 1. The standard InChI is InChI=1S/C10H21NO/c1-9(2,3)10(12)6-4-8(11)5-7-10/h8,12H,4-7,11H2,1-3H3. The summed E-state index contributed by atoms with van der Waals surface area (Å²) in [6, 6.07) is 0.313. The van der Waals surface area contributed by atoms with Crippen LogP contribution in [0.2, 0.25) is 0 Å². The van der Waals surface area contributed by atoms with Gasteiger partial charge in [0.25, 0.3) is 0 Å². The van der Waals surface area contributed by atoms with Crippen molar-refractivity contribution >= 4 is 0 Å². The minimum absolute atomic E-state index is 0.00681. The predicted molar refractivity (Wildman–Crippen MR) is 50.8 cm³/mol. The minimum atomic E-state index is -0.483. The molecular formula is C10H21NO. The maximum absolute atomic E-state index is 10.3. The molecule has 2 heteroatoms. The van der Waals surface area contributed by atoms with Crippen molar-refractivity contribution in [3.63, 3.8) is 0 Å². The van der Waals surface area contributed by atoms with E-state index in [1.54, 1.807) is 0 Å². The van der Waals surface area contributed by atoms with Crippen LogP contribution in [0.4, 0.5) is 0 Å². The largest absolute Gasteiger partial charge is 0.389 e. The number of nitrogens with two attached hydrogens (primary N) is 1. The zero-order valence-corrected chi connectivity index (χ0v) is 8.43. The molecule has 0 amide bonds. The van der Waals surface area contributed by atoms with Gasteiger partial charge < -0.3 is 10.8 Å². The topological polar surface area (TPSA) is 46.2 Å². The molecule has 0 bridgehead atoms. The lowest BCUT2D eigenvalue weighted by Crippen LogP contribution is -2.47. The van der Waals surface area contributed by atoms with Gasteiger partial charge in [-0.2, -0.15) is 0 Å². The molecule has 2 nitrogen and oxygen atoms in total. The maximum Gasteiger partial charge on any atom is 0.0697 e. The van der Waals surface area contributed by atoms with E-state index in [4.69, 9.17) is 5.73 Å². The van der Waals surface area contributed by atoms with Gasteiger partial charge in [-0.25, -0.2) is 0 Å². The van der Waals surface area contributed by atoms with E-state index in [1.165, 1.54) is 0 Å². The van der Waals surface area contributed by atoms with Gasteiger partial charge in [0.05, 0.1) is 5.60 Å². The highest BCUT2D eigenvalue weighted by molar-refractivity contribution is 4.95. The van der Waals surface area contributed by atoms with Crippen molar-refractivity contribution in [3.8, 4) is 0 Å². The number of hydrogen-bond donors (Lipinski definition) is 2. The van der Waals surface area contributed by atoms with Gasteiger partial charge in [0.1, 0.15) is 0 Å². The van der Waals surface area contributed by atoms with Gasteiger partial charge >= 0.3 is 0 Å². The summed E-state index contributed by atoms with van der Waals surface area (Å²) in [7, 11) is 0. The van der Waals surface area contributed by atoms with E-state index in [1.807, 2.05) is 0 Å². The SMILES string of the molecule is CC(C)(C)C1(O)CCC(N)CC1. The van der Waals surface area contributed by atoms with E-state index in [-0.39, 0.29) is 5.41 Å². The fraction of sp³-hybridized carbons (Fsp3) is 1.00. The molecule has 72 valence electrons. The van der Waals surface area contributed by atoms with E-state index in [0.29, 0.717) is 6.04 Å². The summed E-state index contributed by atoms with van der Waals surface area (Å²) >= 11 is 0. The summed E-state index contributed by atoms with van der Waals surface area (Å²) in [5.41, 5.74) is 5.30. The van der Waals surface area contributed by atoms with Gasteiger partial charge in [-0.3, -0.25) is 0 Å². The smallest absolute Gasteiger partial charge is 0.0697 e. The molecule has 0 aromatic rings. The van der Waals surface area contributed by atoms with Crippen molar-refractivity contribution in [2.75, 3.05) is 0 Å². The molecule has 0 heterocycles. The van der Waals surface area contributed by atoms with E-state index in [9.17, 15) is 5.11 Å². The highest BCUT2D eigenvalue weighted by atomic mass is 16.3. The molecule has 0 aromatic heterocycles. The monoisotopic (exact) mass is 171 g/mol. The fourth-order valence-electron chi connectivity index (χ4n) is 1.87. The second kappa shape index (κ2) is 3.00. The van der Waals surface area contributed by atoms with Crippen molar-refractivity contribution in [3.05, 3.63) is 0 Å². The first-order valence-electron chi connectivity index (χ1n) is 4.83. The van der Waals surface area contributed by atoms with Crippen molar-refractivity contribution in [2.24, 2.45) is 11.1 Å². The summed E-state index contributed by atoms with van der Waals surface area (Å²) in [6.45, 7) is 6.30. The summed E-state index contributed by atoms with van der Waals surface area (Å²) in [5, 5.41) is 10.3. The average Bonchev–Trinajstić information content (AvgIpc) is 1.93. The van der Waals surface area contributed by atoms with Gasteiger partial charge in [-0.05, 0) is 31.1 Å². The molecule has 1 fully saturated rings. The third-order valence-corrected chi connectivity index (χ3v) is 3.25. The van der Waals surface area contributed by atoms with Gasteiger partial charge in [0, 0.05) is 6.04 Å². The summed E-state index contributed by atoms with van der Waals surface area (Å²) < 4.78 is 0. The quantitative estimate of drug-likeness (QED) is 0.582. The molecule has 12 heavy (non-hydrogen) atoms. The average molecular weight is 171 g/mol. The molecule has 1 rings (SSSR count). The maximum atomic E-state index is 10.3. The minimum Gasteiger partial charge on any atom is -0.389 e. The van der Waals surface area contributed by atoms with Crippen LogP contribution in [0, 0.1) is 5.41 Å². The van der Waals surface area contributed by atoms with Crippen molar-refractivity contribution in [1.82, 2.24) is 0 Å². The summed E-state index contributed by atoms with van der Waals surface area (Å²) in [5.74, 6) is 0. The second-order valence-corrected chi connectivity index (χ2v) is 5.12. The molecule has 3 N–H and O–H groups in total. The lowest BCUT2D eigenvalue weighted by molar-refractivity contribution is -0.0870. The van der Waals surface area contributed by atoms with Crippen LogP contribution in [-0.4, -0.2) is 16.7 Å². The van der Waals surface area contributed by atoms with Crippen LogP contribution in [-0.2, 0) is 0 Å². The van der Waals surface area contributed by atoms with E-state index >= 15 is 0 Å². The second-order valence-electron chi connectivity index (χ2n) is 5.12. The molecular weight excluding hydrogens is 150 g/mol.